The normalized spacial score (nSPS) is 14.3. The van der Waals surface area contributed by atoms with Gasteiger partial charge in [-0.1, -0.05) is 26.0 Å². The second kappa shape index (κ2) is 13.9. The number of aliphatic hydroxyl groups is 1. The van der Waals surface area contributed by atoms with Crippen molar-refractivity contribution in [3.05, 3.63) is 48.0 Å². The number of amides is 3. The van der Waals surface area contributed by atoms with E-state index < -0.39 is 54.5 Å². The molecule has 2 aromatic rings. The fraction of sp³-hybridized carbons (Fsp3) is 0.458. The average molecular weight is 519 g/mol. The molecular formula is C24H34N6O7. The predicted molar refractivity (Wildman–Crippen MR) is 132 cm³/mol. The van der Waals surface area contributed by atoms with Crippen molar-refractivity contribution in [2.75, 3.05) is 6.61 Å². The molecule has 1 aromatic heterocycles. The first-order valence-corrected chi connectivity index (χ1v) is 11.8. The number of carbonyl (C=O) groups excluding carboxylic acids is 3. The van der Waals surface area contributed by atoms with E-state index in [1.165, 1.54) is 36.8 Å². The molecule has 4 unspecified atom stereocenters. The van der Waals surface area contributed by atoms with Crippen LogP contribution < -0.4 is 21.7 Å². The van der Waals surface area contributed by atoms with Crippen LogP contribution in [-0.4, -0.2) is 79.8 Å². The molecule has 13 nitrogen and oxygen atoms in total. The molecule has 0 saturated heterocycles. The average Bonchev–Trinajstić information content (AvgIpc) is 3.36. The number of aliphatic carboxylic acids is 1. The van der Waals surface area contributed by atoms with E-state index in [4.69, 9.17) is 10.8 Å². The monoisotopic (exact) mass is 518 g/mol. The summed E-state index contributed by atoms with van der Waals surface area (Å²) in [5.74, 6) is -3.42. The molecule has 13 heteroatoms. The Morgan fingerprint density at radius 1 is 0.946 bits per heavy atom. The molecule has 0 aliphatic rings. The Morgan fingerprint density at radius 2 is 1.54 bits per heavy atom. The van der Waals surface area contributed by atoms with Gasteiger partial charge in [-0.15, -0.1) is 0 Å². The van der Waals surface area contributed by atoms with Crippen molar-refractivity contribution in [3.63, 3.8) is 0 Å². The number of carboxylic acid groups (broad SMARTS) is 1. The van der Waals surface area contributed by atoms with Crippen LogP contribution in [0, 0.1) is 5.92 Å². The smallest absolute Gasteiger partial charge is 0.326 e. The highest BCUT2D eigenvalue weighted by atomic mass is 16.4. The maximum absolute atomic E-state index is 13.2. The number of nitrogens with zero attached hydrogens (tertiary/aromatic N) is 1. The number of phenolic OH excluding ortho intramolecular Hbond substituents is 1. The number of aromatic hydroxyl groups is 1. The minimum atomic E-state index is -1.31. The predicted octanol–water partition coefficient (Wildman–Crippen LogP) is -1.19. The Morgan fingerprint density at radius 3 is 2.08 bits per heavy atom. The second-order valence-electron chi connectivity index (χ2n) is 9.09. The highest BCUT2D eigenvalue weighted by Crippen LogP contribution is 2.12. The molecule has 0 saturated carbocycles. The van der Waals surface area contributed by atoms with E-state index in [2.05, 4.69) is 25.9 Å². The van der Waals surface area contributed by atoms with Gasteiger partial charge in [0.05, 0.1) is 12.9 Å². The van der Waals surface area contributed by atoms with Gasteiger partial charge in [0, 0.05) is 24.7 Å². The molecule has 9 N–H and O–H groups in total. The molecule has 0 spiro atoms. The maximum atomic E-state index is 13.2. The molecule has 1 aromatic carbocycles. The lowest BCUT2D eigenvalue weighted by Gasteiger charge is -2.25. The number of hydrogen-bond donors (Lipinski definition) is 8. The fourth-order valence-corrected chi connectivity index (χ4v) is 3.50. The number of nitrogens with one attached hydrogen (secondary N) is 4. The lowest BCUT2D eigenvalue weighted by atomic mass is 10.0. The quantitative estimate of drug-likeness (QED) is 0.150. The highest BCUT2D eigenvalue weighted by molar-refractivity contribution is 5.94. The maximum Gasteiger partial charge on any atom is 0.326 e. The van der Waals surface area contributed by atoms with Crippen molar-refractivity contribution in [3.8, 4) is 5.75 Å². The standard InChI is InChI=1S/C24H34N6O7/c1-13(2)7-18(28-21(33)17(25)11-31)22(34)29-19(9-15-10-26-12-27-15)23(35)30-20(24(36)37)8-14-3-5-16(32)6-4-14/h3-6,10,12-13,17-20,31-32H,7-9,11,25H2,1-2H3,(H,26,27)(H,28,33)(H,29,34)(H,30,35)(H,36,37). The Labute approximate surface area is 213 Å². The zero-order chi connectivity index (χ0) is 27.5. The number of carbonyl (C=O) groups is 4. The first-order chi connectivity index (χ1) is 17.5. The Hall–Kier alpha value is -3.97. The summed E-state index contributed by atoms with van der Waals surface area (Å²) in [6.45, 7) is 3.08. The number of nitrogens with two attached hydrogens (primary N) is 1. The van der Waals surface area contributed by atoms with Crippen molar-refractivity contribution < 1.29 is 34.5 Å². The Kier molecular flexibility index (Phi) is 11.0. The summed E-state index contributed by atoms with van der Waals surface area (Å²) in [7, 11) is 0. The minimum absolute atomic E-state index is 0.0111. The van der Waals surface area contributed by atoms with E-state index in [1.807, 2.05) is 13.8 Å². The van der Waals surface area contributed by atoms with Gasteiger partial charge in [-0.25, -0.2) is 9.78 Å². The Balaban J connectivity index is 2.21. The summed E-state index contributed by atoms with van der Waals surface area (Å²) in [6.07, 6.45) is 3.01. The van der Waals surface area contributed by atoms with Crippen LogP contribution in [0.25, 0.3) is 0 Å². The molecule has 3 amide bonds. The first kappa shape index (κ1) is 29.3. The lowest BCUT2D eigenvalue weighted by Crippen LogP contribution is -2.58. The van der Waals surface area contributed by atoms with E-state index in [0.717, 1.165) is 0 Å². The third-order valence-corrected chi connectivity index (χ3v) is 5.48. The van der Waals surface area contributed by atoms with Crippen LogP contribution in [0.1, 0.15) is 31.5 Å². The van der Waals surface area contributed by atoms with Crippen LogP contribution in [0.15, 0.2) is 36.8 Å². The van der Waals surface area contributed by atoms with Gasteiger partial charge in [-0.3, -0.25) is 14.4 Å². The number of aliphatic hydroxyl groups excluding tert-OH is 1. The molecule has 0 fully saturated rings. The Bertz CT molecular complexity index is 1040. The van der Waals surface area contributed by atoms with Gasteiger partial charge in [0.15, 0.2) is 0 Å². The molecule has 0 aliphatic carbocycles. The van der Waals surface area contributed by atoms with Crippen molar-refractivity contribution in [1.29, 1.82) is 0 Å². The molecule has 4 atom stereocenters. The van der Waals surface area contributed by atoms with Gasteiger partial charge in [0.2, 0.25) is 17.7 Å². The molecule has 0 bridgehead atoms. The number of aromatic nitrogens is 2. The SMILES string of the molecule is CC(C)CC(NC(=O)C(N)CO)C(=O)NC(Cc1cnc[nH]1)C(=O)NC(Cc1ccc(O)cc1)C(=O)O. The fourth-order valence-electron chi connectivity index (χ4n) is 3.50. The second-order valence-corrected chi connectivity index (χ2v) is 9.09. The number of aromatic amines is 1. The zero-order valence-electron chi connectivity index (χ0n) is 20.7. The van der Waals surface area contributed by atoms with Crippen molar-refractivity contribution in [2.24, 2.45) is 11.7 Å². The summed E-state index contributed by atoms with van der Waals surface area (Å²) in [5, 5.41) is 35.8. The van der Waals surface area contributed by atoms with Gasteiger partial charge < -0.3 is 42.0 Å². The summed E-state index contributed by atoms with van der Waals surface area (Å²) in [5.41, 5.74) is 6.63. The van der Waals surface area contributed by atoms with Crippen molar-refractivity contribution >= 4 is 23.7 Å². The summed E-state index contributed by atoms with van der Waals surface area (Å²) in [4.78, 5) is 57.1. The minimum Gasteiger partial charge on any atom is -0.508 e. The third kappa shape index (κ3) is 9.54. The van der Waals surface area contributed by atoms with Crippen LogP contribution in [0.5, 0.6) is 5.75 Å². The summed E-state index contributed by atoms with van der Waals surface area (Å²) < 4.78 is 0. The van der Waals surface area contributed by atoms with Gasteiger partial charge in [0.25, 0.3) is 0 Å². The van der Waals surface area contributed by atoms with Crippen LogP contribution in [0.4, 0.5) is 0 Å². The zero-order valence-corrected chi connectivity index (χ0v) is 20.7. The van der Waals surface area contributed by atoms with E-state index in [1.54, 1.807) is 0 Å². The number of hydrogen-bond acceptors (Lipinski definition) is 8. The number of benzene rings is 1. The molecule has 0 radical (unpaired) electrons. The molecule has 0 aliphatic heterocycles. The third-order valence-electron chi connectivity index (χ3n) is 5.48. The molecule has 2 rings (SSSR count). The van der Waals surface area contributed by atoms with Gasteiger partial charge >= 0.3 is 5.97 Å². The number of imidazole rings is 1. The molecule has 1 heterocycles. The number of carboxylic acids is 1. The van der Waals surface area contributed by atoms with E-state index in [0.29, 0.717) is 11.3 Å². The van der Waals surface area contributed by atoms with Crippen LogP contribution in [0.3, 0.4) is 0 Å². The van der Waals surface area contributed by atoms with E-state index in [-0.39, 0.29) is 30.9 Å². The number of rotatable bonds is 14. The number of H-pyrrole nitrogens is 1. The summed E-state index contributed by atoms with van der Waals surface area (Å²) in [6, 6.07) is 1.11. The van der Waals surface area contributed by atoms with Gasteiger partial charge in [-0.2, -0.15) is 0 Å². The first-order valence-electron chi connectivity index (χ1n) is 11.8. The molecular weight excluding hydrogens is 484 g/mol. The highest BCUT2D eigenvalue weighted by Gasteiger charge is 2.31. The lowest BCUT2D eigenvalue weighted by molar-refractivity contribution is -0.142. The van der Waals surface area contributed by atoms with Crippen LogP contribution >= 0.6 is 0 Å². The van der Waals surface area contributed by atoms with Crippen molar-refractivity contribution in [1.82, 2.24) is 25.9 Å². The van der Waals surface area contributed by atoms with Crippen molar-refractivity contribution in [2.45, 2.75) is 57.3 Å². The summed E-state index contributed by atoms with van der Waals surface area (Å²) >= 11 is 0. The molecule has 37 heavy (non-hydrogen) atoms. The van der Waals surface area contributed by atoms with Crippen LogP contribution in [0.2, 0.25) is 0 Å². The largest absolute Gasteiger partial charge is 0.508 e. The van der Waals surface area contributed by atoms with Gasteiger partial charge in [-0.05, 0) is 30.0 Å². The van der Waals surface area contributed by atoms with E-state index in [9.17, 15) is 29.4 Å². The van der Waals surface area contributed by atoms with Crippen LogP contribution in [-0.2, 0) is 32.0 Å². The number of phenols is 1. The molecule has 202 valence electrons. The van der Waals surface area contributed by atoms with Gasteiger partial charge in [0.1, 0.15) is 29.9 Å². The topological polar surface area (TPSA) is 220 Å². The van der Waals surface area contributed by atoms with E-state index >= 15 is 0 Å².